The van der Waals surface area contributed by atoms with Gasteiger partial charge in [0.1, 0.15) is 17.1 Å². The minimum absolute atomic E-state index is 0.204. The molecule has 0 saturated carbocycles. The summed E-state index contributed by atoms with van der Waals surface area (Å²) in [5.41, 5.74) is 0.935. The van der Waals surface area contributed by atoms with Crippen molar-refractivity contribution in [3.05, 3.63) is 81.5 Å². The van der Waals surface area contributed by atoms with Crippen LogP contribution in [-0.4, -0.2) is 17.8 Å². The van der Waals surface area contributed by atoms with E-state index in [0.717, 1.165) is 14.9 Å². The standard InChI is InChI=1S/C21H12BrClN2O4/c22-13-3-7-15(8-4-13)25-20(27)17(19(26)24-21(25)28)11-16-9-10-18(29-16)12-1-5-14(23)6-2-12/h1-11H,(H,24,26,28)/b17-11+. The zero-order valence-corrected chi connectivity index (χ0v) is 17.0. The fourth-order valence-electron chi connectivity index (χ4n) is 2.82. The van der Waals surface area contributed by atoms with Crippen LogP contribution >= 0.6 is 27.5 Å². The maximum Gasteiger partial charge on any atom is 0.335 e. The van der Waals surface area contributed by atoms with Crippen molar-refractivity contribution in [2.45, 2.75) is 0 Å². The Morgan fingerprint density at radius 1 is 0.931 bits per heavy atom. The van der Waals surface area contributed by atoms with Crippen molar-refractivity contribution >= 4 is 57.1 Å². The van der Waals surface area contributed by atoms with E-state index >= 15 is 0 Å². The number of nitrogens with zero attached hydrogens (tertiary/aromatic N) is 1. The van der Waals surface area contributed by atoms with Gasteiger partial charge in [0.05, 0.1) is 5.69 Å². The van der Waals surface area contributed by atoms with Gasteiger partial charge in [-0.25, -0.2) is 9.69 Å². The maximum absolute atomic E-state index is 12.9. The summed E-state index contributed by atoms with van der Waals surface area (Å²) in [4.78, 5) is 38.2. The first-order chi connectivity index (χ1) is 13.9. The molecule has 29 heavy (non-hydrogen) atoms. The fourth-order valence-corrected chi connectivity index (χ4v) is 3.21. The summed E-state index contributed by atoms with van der Waals surface area (Å²) in [5, 5.41) is 2.78. The monoisotopic (exact) mass is 470 g/mol. The molecule has 3 aromatic rings. The molecule has 6 nitrogen and oxygen atoms in total. The minimum atomic E-state index is -0.805. The average molecular weight is 472 g/mol. The van der Waals surface area contributed by atoms with Crippen LogP contribution in [0.1, 0.15) is 5.76 Å². The second-order valence-electron chi connectivity index (χ2n) is 6.14. The van der Waals surface area contributed by atoms with Crippen molar-refractivity contribution in [3.63, 3.8) is 0 Å². The van der Waals surface area contributed by atoms with Gasteiger partial charge in [-0.3, -0.25) is 14.9 Å². The zero-order valence-electron chi connectivity index (χ0n) is 14.7. The number of carbonyl (C=O) groups is 3. The third kappa shape index (κ3) is 3.87. The van der Waals surface area contributed by atoms with E-state index in [-0.39, 0.29) is 5.57 Å². The molecular formula is C21H12BrClN2O4. The molecular weight excluding hydrogens is 460 g/mol. The van der Waals surface area contributed by atoms with Crippen LogP contribution in [-0.2, 0) is 9.59 Å². The number of nitrogens with one attached hydrogen (secondary N) is 1. The van der Waals surface area contributed by atoms with Crippen molar-refractivity contribution in [1.82, 2.24) is 5.32 Å². The zero-order chi connectivity index (χ0) is 20.5. The predicted octanol–water partition coefficient (Wildman–Crippen LogP) is 5.03. The lowest BCUT2D eigenvalue weighted by Gasteiger charge is -2.26. The van der Waals surface area contributed by atoms with Crippen LogP contribution in [0.5, 0.6) is 0 Å². The number of imide groups is 2. The van der Waals surface area contributed by atoms with Gasteiger partial charge in [-0.05, 0) is 66.7 Å². The molecule has 0 spiro atoms. The van der Waals surface area contributed by atoms with Gasteiger partial charge in [-0.15, -0.1) is 0 Å². The third-order valence-corrected chi connectivity index (χ3v) is 5.01. The van der Waals surface area contributed by atoms with Crippen LogP contribution in [0.25, 0.3) is 17.4 Å². The molecule has 1 saturated heterocycles. The lowest BCUT2D eigenvalue weighted by Crippen LogP contribution is -2.54. The molecule has 1 aliphatic heterocycles. The molecule has 0 atom stereocenters. The Morgan fingerprint density at radius 2 is 1.62 bits per heavy atom. The largest absolute Gasteiger partial charge is 0.457 e. The topological polar surface area (TPSA) is 79.6 Å². The summed E-state index contributed by atoms with van der Waals surface area (Å²) in [6, 6.07) is 16.2. The number of barbiturate groups is 1. The number of furan rings is 1. The van der Waals surface area contributed by atoms with Gasteiger partial charge in [-0.2, -0.15) is 0 Å². The Balaban J connectivity index is 1.66. The van der Waals surface area contributed by atoms with E-state index in [0.29, 0.717) is 22.2 Å². The molecule has 1 fully saturated rings. The van der Waals surface area contributed by atoms with Gasteiger partial charge in [0.15, 0.2) is 0 Å². The highest BCUT2D eigenvalue weighted by atomic mass is 79.9. The maximum atomic E-state index is 12.9. The van der Waals surface area contributed by atoms with Crippen molar-refractivity contribution in [2.24, 2.45) is 0 Å². The van der Waals surface area contributed by atoms with Crippen LogP contribution in [0.3, 0.4) is 0 Å². The Bertz CT molecular complexity index is 1150. The molecule has 0 radical (unpaired) electrons. The fraction of sp³-hybridized carbons (Fsp3) is 0. The van der Waals surface area contributed by atoms with E-state index in [1.54, 1.807) is 60.7 Å². The van der Waals surface area contributed by atoms with E-state index in [1.165, 1.54) is 6.08 Å². The summed E-state index contributed by atoms with van der Waals surface area (Å²) < 4.78 is 6.53. The van der Waals surface area contributed by atoms with Crippen LogP contribution < -0.4 is 10.2 Å². The predicted molar refractivity (Wildman–Crippen MR) is 112 cm³/mol. The molecule has 4 amide bonds. The summed E-state index contributed by atoms with van der Waals surface area (Å²) >= 11 is 9.19. The van der Waals surface area contributed by atoms with E-state index < -0.39 is 17.8 Å². The van der Waals surface area contributed by atoms with Gasteiger partial charge in [0.2, 0.25) is 0 Å². The van der Waals surface area contributed by atoms with Gasteiger partial charge < -0.3 is 4.42 Å². The number of carbonyl (C=O) groups excluding carboxylic acids is 3. The SMILES string of the molecule is O=C1NC(=O)N(c2ccc(Br)cc2)C(=O)/C1=C/c1ccc(-c2ccc(Cl)cc2)o1. The van der Waals surface area contributed by atoms with Gasteiger partial charge in [0.25, 0.3) is 11.8 Å². The van der Waals surface area contributed by atoms with E-state index in [1.807, 2.05) is 0 Å². The van der Waals surface area contributed by atoms with Gasteiger partial charge in [-0.1, -0.05) is 27.5 Å². The number of benzene rings is 2. The number of halogens is 2. The Hall–Kier alpha value is -3.16. The molecule has 2 aromatic carbocycles. The number of rotatable bonds is 3. The number of anilines is 1. The quantitative estimate of drug-likeness (QED) is 0.429. The van der Waals surface area contributed by atoms with Crippen molar-refractivity contribution in [1.29, 1.82) is 0 Å². The Kier molecular flexibility index (Phi) is 5.08. The van der Waals surface area contributed by atoms with E-state index in [9.17, 15) is 14.4 Å². The second kappa shape index (κ2) is 7.69. The first-order valence-electron chi connectivity index (χ1n) is 8.45. The van der Waals surface area contributed by atoms with Crippen LogP contribution in [0.15, 0.2) is 75.1 Å². The summed E-state index contributed by atoms with van der Waals surface area (Å²) in [6.45, 7) is 0. The molecule has 1 N–H and O–H groups in total. The van der Waals surface area contributed by atoms with E-state index in [4.69, 9.17) is 16.0 Å². The van der Waals surface area contributed by atoms with Crippen molar-refractivity contribution < 1.29 is 18.8 Å². The minimum Gasteiger partial charge on any atom is -0.457 e. The molecule has 1 aromatic heterocycles. The molecule has 1 aliphatic rings. The van der Waals surface area contributed by atoms with Crippen molar-refractivity contribution in [2.75, 3.05) is 4.90 Å². The Morgan fingerprint density at radius 3 is 2.31 bits per heavy atom. The first kappa shape index (κ1) is 19.2. The molecule has 0 aliphatic carbocycles. The van der Waals surface area contributed by atoms with Crippen LogP contribution in [0.4, 0.5) is 10.5 Å². The average Bonchev–Trinajstić information content (AvgIpc) is 3.16. The number of amides is 4. The molecule has 144 valence electrons. The first-order valence-corrected chi connectivity index (χ1v) is 9.62. The lowest BCUT2D eigenvalue weighted by molar-refractivity contribution is -0.122. The number of hydrogen-bond acceptors (Lipinski definition) is 4. The highest BCUT2D eigenvalue weighted by Gasteiger charge is 2.37. The molecule has 0 bridgehead atoms. The summed E-state index contributed by atoms with van der Waals surface area (Å²) in [5.74, 6) is -0.653. The second-order valence-corrected chi connectivity index (χ2v) is 7.50. The number of hydrogen-bond donors (Lipinski definition) is 1. The smallest absolute Gasteiger partial charge is 0.335 e. The summed E-state index contributed by atoms with van der Waals surface area (Å²) in [7, 11) is 0. The Labute approximate surface area is 178 Å². The molecule has 8 heteroatoms. The molecule has 4 rings (SSSR count). The molecule has 2 heterocycles. The van der Waals surface area contributed by atoms with E-state index in [2.05, 4.69) is 21.2 Å². The third-order valence-electron chi connectivity index (χ3n) is 4.23. The highest BCUT2D eigenvalue weighted by molar-refractivity contribution is 9.10. The number of urea groups is 1. The van der Waals surface area contributed by atoms with Crippen molar-refractivity contribution in [3.8, 4) is 11.3 Å². The van der Waals surface area contributed by atoms with Gasteiger partial charge in [0, 0.05) is 15.1 Å². The van der Waals surface area contributed by atoms with Crippen LogP contribution in [0, 0.1) is 0 Å². The normalized spacial score (nSPS) is 15.7. The van der Waals surface area contributed by atoms with Crippen LogP contribution in [0.2, 0.25) is 5.02 Å². The highest BCUT2D eigenvalue weighted by Crippen LogP contribution is 2.27. The molecule has 0 unspecified atom stereocenters. The summed E-state index contributed by atoms with van der Waals surface area (Å²) in [6.07, 6.45) is 1.31. The lowest BCUT2D eigenvalue weighted by atomic mass is 10.1. The van der Waals surface area contributed by atoms with Gasteiger partial charge >= 0.3 is 6.03 Å².